The van der Waals surface area contributed by atoms with Crippen LogP contribution >= 0.6 is 11.6 Å². The Morgan fingerprint density at radius 3 is 3.00 bits per heavy atom. The zero-order valence-corrected chi connectivity index (χ0v) is 11.2. The highest BCUT2D eigenvalue weighted by Gasteiger charge is 2.04. The summed E-state index contributed by atoms with van der Waals surface area (Å²) in [6.45, 7) is 4.86. The van der Waals surface area contributed by atoms with Crippen molar-refractivity contribution in [1.29, 1.82) is 0 Å². The van der Waals surface area contributed by atoms with E-state index in [1.54, 1.807) is 0 Å². The Balaban J connectivity index is 2.47. The molecule has 1 aromatic heterocycles. The summed E-state index contributed by atoms with van der Waals surface area (Å²) >= 11 is 5.66. The first-order chi connectivity index (χ1) is 8.26. The zero-order valence-electron chi connectivity index (χ0n) is 10.4. The zero-order chi connectivity index (χ0) is 12.5. The van der Waals surface area contributed by atoms with Gasteiger partial charge < -0.3 is 10.1 Å². The summed E-state index contributed by atoms with van der Waals surface area (Å²) in [6, 6.07) is 2.18. The quantitative estimate of drug-likeness (QED) is 0.727. The highest BCUT2D eigenvalue weighted by molar-refractivity contribution is 6.17. The van der Waals surface area contributed by atoms with Crippen molar-refractivity contribution in [2.75, 3.05) is 17.8 Å². The molecular formula is C12H20ClN3O. The Kier molecular flexibility index (Phi) is 6.70. The van der Waals surface area contributed by atoms with E-state index in [4.69, 9.17) is 16.3 Å². The van der Waals surface area contributed by atoms with Gasteiger partial charge in [-0.05, 0) is 26.2 Å². The van der Waals surface area contributed by atoms with Gasteiger partial charge in [-0.1, -0.05) is 6.92 Å². The Morgan fingerprint density at radius 1 is 1.47 bits per heavy atom. The molecule has 1 unspecified atom stereocenters. The van der Waals surface area contributed by atoms with Gasteiger partial charge in [0.2, 0.25) is 5.88 Å². The first-order valence-electron chi connectivity index (χ1n) is 6.03. The van der Waals surface area contributed by atoms with Crippen molar-refractivity contribution < 1.29 is 4.74 Å². The molecule has 1 atom stereocenters. The Bertz CT molecular complexity index is 322. The number of nitrogens with zero attached hydrogens (tertiary/aromatic N) is 2. The van der Waals surface area contributed by atoms with Crippen molar-refractivity contribution in [2.24, 2.45) is 0 Å². The number of nitrogens with one attached hydrogen (secondary N) is 1. The molecule has 0 aliphatic carbocycles. The van der Waals surface area contributed by atoms with Crippen molar-refractivity contribution >= 4 is 17.4 Å². The van der Waals surface area contributed by atoms with Gasteiger partial charge in [0.05, 0.1) is 6.61 Å². The van der Waals surface area contributed by atoms with Crippen LogP contribution in [0.25, 0.3) is 0 Å². The summed E-state index contributed by atoms with van der Waals surface area (Å²) in [5, 5.41) is 3.30. The number of rotatable bonds is 8. The van der Waals surface area contributed by atoms with E-state index in [1.807, 2.05) is 6.07 Å². The summed E-state index contributed by atoms with van der Waals surface area (Å²) < 4.78 is 5.45. The highest BCUT2D eigenvalue weighted by atomic mass is 35.5. The molecule has 1 rings (SSSR count). The van der Waals surface area contributed by atoms with Gasteiger partial charge in [-0.2, -0.15) is 0 Å². The summed E-state index contributed by atoms with van der Waals surface area (Å²) in [5.74, 6) is 2.11. The molecule has 96 valence electrons. The van der Waals surface area contributed by atoms with Crippen LogP contribution in [0.1, 0.15) is 33.1 Å². The Labute approximate surface area is 108 Å². The third-order valence-electron chi connectivity index (χ3n) is 2.26. The molecule has 4 nitrogen and oxygen atoms in total. The predicted octanol–water partition coefficient (Wildman–Crippen LogP) is 3.08. The number of anilines is 1. The van der Waals surface area contributed by atoms with Crippen molar-refractivity contribution in [2.45, 2.75) is 39.2 Å². The van der Waals surface area contributed by atoms with Crippen LogP contribution in [-0.4, -0.2) is 28.5 Å². The van der Waals surface area contributed by atoms with Crippen LogP contribution in [-0.2, 0) is 0 Å². The lowest BCUT2D eigenvalue weighted by Crippen LogP contribution is -2.16. The van der Waals surface area contributed by atoms with E-state index in [9.17, 15) is 0 Å². The molecule has 1 aromatic rings. The molecule has 0 aliphatic heterocycles. The maximum atomic E-state index is 5.66. The molecule has 0 spiro atoms. The first kappa shape index (κ1) is 14.0. The number of alkyl halides is 1. The normalized spacial score (nSPS) is 12.2. The molecule has 0 amide bonds. The number of hydrogen-bond donors (Lipinski definition) is 1. The van der Waals surface area contributed by atoms with E-state index >= 15 is 0 Å². The molecule has 0 aromatic carbocycles. The number of hydrogen-bond acceptors (Lipinski definition) is 4. The minimum absolute atomic E-state index is 0.350. The van der Waals surface area contributed by atoms with Gasteiger partial charge in [-0.15, -0.1) is 11.6 Å². The van der Waals surface area contributed by atoms with Crippen molar-refractivity contribution in [3.63, 3.8) is 0 Å². The molecule has 0 fully saturated rings. The lowest BCUT2D eigenvalue weighted by molar-refractivity contribution is 0.305. The number of aromatic nitrogens is 2. The first-order valence-corrected chi connectivity index (χ1v) is 6.57. The molecule has 0 radical (unpaired) electrons. The Hall–Kier alpha value is -1.03. The third kappa shape index (κ3) is 5.73. The van der Waals surface area contributed by atoms with Crippen molar-refractivity contribution in [1.82, 2.24) is 9.97 Å². The van der Waals surface area contributed by atoms with Crippen LogP contribution in [0.5, 0.6) is 5.88 Å². The maximum absolute atomic E-state index is 5.66. The van der Waals surface area contributed by atoms with Crippen LogP contribution in [0.3, 0.4) is 0 Å². The van der Waals surface area contributed by atoms with E-state index in [2.05, 4.69) is 29.1 Å². The molecule has 0 saturated heterocycles. The highest BCUT2D eigenvalue weighted by Crippen LogP contribution is 2.13. The van der Waals surface area contributed by atoms with Crippen LogP contribution in [0, 0.1) is 0 Å². The van der Waals surface area contributed by atoms with E-state index < -0.39 is 0 Å². The van der Waals surface area contributed by atoms with Gasteiger partial charge >= 0.3 is 0 Å². The average Bonchev–Trinajstić information content (AvgIpc) is 2.34. The molecule has 1 heterocycles. The summed E-state index contributed by atoms with van der Waals surface area (Å²) in [6.07, 6.45) is 4.51. The van der Waals surface area contributed by atoms with Crippen molar-refractivity contribution in [3.8, 4) is 5.88 Å². The summed E-state index contributed by atoms with van der Waals surface area (Å²) in [5.41, 5.74) is 0. The summed E-state index contributed by atoms with van der Waals surface area (Å²) in [7, 11) is 0. The Morgan fingerprint density at radius 2 is 2.29 bits per heavy atom. The molecule has 5 heteroatoms. The van der Waals surface area contributed by atoms with Crippen LogP contribution in [0.2, 0.25) is 0 Å². The van der Waals surface area contributed by atoms with Gasteiger partial charge in [0.25, 0.3) is 0 Å². The fourth-order valence-electron chi connectivity index (χ4n) is 1.41. The van der Waals surface area contributed by atoms with Crippen molar-refractivity contribution in [3.05, 3.63) is 12.4 Å². The van der Waals surface area contributed by atoms with Gasteiger partial charge in [-0.25, -0.2) is 9.97 Å². The standard InChI is InChI=1S/C12H20ClN3O/c1-3-7-17-12-8-11(14-9-15-12)16-10(2)5-4-6-13/h8-10H,3-7H2,1-2H3,(H,14,15,16). The van der Waals surface area contributed by atoms with E-state index in [0.717, 1.165) is 25.1 Å². The predicted molar refractivity (Wildman–Crippen MR) is 70.9 cm³/mol. The third-order valence-corrected chi connectivity index (χ3v) is 2.53. The second-order valence-corrected chi connectivity index (χ2v) is 4.34. The number of halogens is 1. The molecular weight excluding hydrogens is 238 g/mol. The van der Waals surface area contributed by atoms with E-state index in [1.165, 1.54) is 6.33 Å². The molecule has 1 N–H and O–H groups in total. The topological polar surface area (TPSA) is 47.0 Å². The lowest BCUT2D eigenvalue weighted by Gasteiger charge is -2.14. The second-order valence-electron chi connectivity index (χ2n) is 3.97. The van der Waals surface area contributed by atoms with E-state index in [-0.39, 0.29) is 0 Å². The van der Waals surface area contributed by atoms with Gasteiger partial charge in [0, 0.05) is 18.0 Å². The fraction of sp³-hybridized carbons (Fsp3) is 0.667. The van der Waals surface area contributed by atoms with Crippen LogP contribution < -0.4 is 10.1 Å². The van der Waals surface area contributed by atoms with Crippen LogP contribution in [0.15, 0.2) is 12.4 Å². The van der Waals surface area contributed by atoms with Gasteiger partial charge in [0.15, 0.2) is 0 Å². The smallest absolute Gasteiger partial charge is 0.218 e. The molecule has 17 heavy (non-hydrogen) atoms. The maximum Gasteiger partial charge on any atom is 0.218 e. The average molecular weight is 258 g/mol. The number of ether oxygens (including phenoxy) is 1. The largest absolute Gasteiger partial charge is 0.478 e. The SMILES string of the molecule is CCCOc1cc(NC(C)CCCCl)ncn1. The molecule has 0 saturated carbocycles. The van der Waals surface area contributed by atoms with E-state index in [0.29, 0.717) is 24.4 Å². The minimum atomic E-state index is 0.350. The summed E-state index contributed by atoms with van der Waals surface area (Å²) in [4.78, 5) is 8.21. The van der Waals surface area contributed by atoms with Gasteiger partial charge in [-0.3, -0.25) is 0 Å². The minimum Gasteiger partial charge on any atom is -0.478 e. The lowest BCUT2D eigenvalue weighted by atomic mass is 10.2. The monoisotopic (exact) mass is 257 g/mol. The molecule has 0 aliphatic rings. The second kappa shape index (κ2) is 8.12. The molecule has 0 bridgehead atoms. The van der Waals surface area contributed by atoms with Crippen LogP contribution in [0.4, 0.5) is 5.82 Å². The van der Waals surface area contributed by atoms with Gasteiger partial charge in [0.1, 0.15) is 12.1 Å². The fourth-order valence-corrected chi connectivity index (χ4v) is 1.57.